The molecule has 0 saturated heterocycles. The summed E-state index contributed by atoms with van der Waals surface area (Å²) in [6.45, 7) is 2.29. The average Bonchev–Trinajstić information content (AvgIpc) is 3.36. The maximum absolute atomic E-state index is 12.3. The van der Waals surface area contributed by atoms with Gasteiger partial charge in [-0.05, 0) is 55.9 Å². The van der Waals surface area contributed by atoms with Gasteiger partial charge in [-0.3, -0.25) is 4.79 Å². The maximum Gasteiger partial charge on any atom is 0.332 e. The van der Waals surface area contributed by atoms with Crippen molar-refractivity contribution in [3.05, 3.63) is 48.0 Å². The highest BCUT2D eigenvalue weighted by atomic mass is 16.6. The van der Waals surface area contributed by atoms with Gasteiger partial charge >= 0.3 is 5.97 Å². The Balaban J connectivity index is 1.37. The number of aliphatic hydroxyl groups is 2. The van der Waals surface area contributed by atoms with Crippen LogP contribution in [0.2, 0.25) is 0 Å². The molecular weight excluding hydrogens is 396 g/mol. The average molecular weight is 431 g/mol. The van der Waals surface area contributed by atoms with E-state index >= 15 is 0 Å². The summed E-state index contributed by atoms with van der Waals surface area (Å²) >= 11 is 0. The number of allylic oxidation sites excluding steroid dienone is 1. The number of esters is 1. The van der Waals surface area contributed by atoms with Crippen LogP contribution in [0.4, 0.5) is 0 Å². The van der Waals surface area contributed by atoms with E-state index in [-0.39, 0.29) is 42.0 Å². The minimum atomic E-state index is -0.765. The minimum Gasteiger partial charge on any atom is -0.464 e. The van der Waals surface area contributed by atoms with E-state index in [1.54, 1.807) is 6.92 Å². The Morgan fingerprint density at radius 2 is 2.00 bits per heavy atom. The first-order valence-electron chi connectivity index (χ1n) is 11.3. The van der Waals surface area contributed by atoms with Gasteiger partial charge in [-0.15, -0.1) is 0 Å². The van der Waals surface area contributed by atoms with Crippen molar-refractivity contribution in [2.24, 2.45) is 23.7 Å². The standard InChI is InChI=1S/C25H34O6/c1-2-31-22(28)16-30-14-7-6-12-18-21(27)15-19-23(18)24(19)25(29)20(26)13-8-11-17-9-4-3-5-10-17/h3-7,9-10,18-20,23-26,29H,2,8,11-16H2,1H3/b7-6-. The van der Waals surface area contributed by atoms with Gasteiger partial charge in [-0.1, -0.05) is 42.5 Å². The smallest absolute Gasteiger partial charge is 0.332 e. The molecule has 0 spiro atoms. The number of aliphatic hydroxyl groups excluding tert-OH is 2. The van der Waals surface area contributed by atoms with Crippen molar-refractivity contribution in [3.63, 3.8) is 0 Å². The third kappa shape index (κ3) is 6.48. The molecule has 3 rings (SSSR count). The Morgan fingerprint density at radius 1 is 1.23 bits per heavy atom. The number of ketones is 1. The van der Waals surface area contributed by atoms with Crippen molar-refractivity contribution >= 4 is 11.8 Å². The third-order valence-corrected chi connectivity index (χ3v) is 6.50. The molecule has 2 aliphatic rings. The van der Waals surface area contributed by atoms with E-state index in [4.69, 9.17) is 9.47 Å². The largest absolute Gasteiger partial charge is 0.464 e. The van der Waals surface area contributed by atoms with Gasteiger partial charge in [0.15, 0.2) is 0 Å². The van der Waals surface area contributed by atoms with Gasteiger partial charge < -0.3 is 19.7 Å². The molecule has 0 heterocycles. The predicted molar refractivity (Wildman–Crippen MR) is 116 cm³/mol. The van der Waals surface area contributed by atoms with Crippen LogP contribution >= 0.6 is 0 Å². The predicted octanol–water partition coefficient (Wildman–Crippen LogP) is 2.71. The molecule has 170 valence electrons. The highest BCUT2D eigenvalue weighted by molar-refractivity contribution is 5.85. The number of hydrogen-bond acceptors (Lipinski definition) is 6. The number of ether oxygens (including phenoxy) is 2. The summed E-state index contributed by atoms with van der Waals surface area (Å²) in [4.78, 5) is 23.5. The summed E-state index contributed by atoms with van der Waals surface area (Å²) in [5, 5.41) is 21.1. The lowest BCUT2D eigenvalue weighted by atomic mass is 9.90. The summed E-state index contributed by atoms with van der Waals surface area (Å²) in [7, 11) is 0. The van der Waals surface area contributed by atoms with E-state index in [1.807, 2.05) is 30.4 Å². The van der Waals surface area contributed by atoms with Gasteiger partial charge in [-0.25, -0.2) is 4.79 Å². The molecular formula is C25H34O6. The lowest BCUT2D eigenvalue weighted by molar-refractivity contribution is -0.147. The quantitative estimate of drug-likeness (QED) is 0.284. The number of carbonyl (C=O) groups is 2. The topological polar surface area (TPSA) is 93.1 Å². The van der Waals surface area contributed by atoms with Crippen LogP contribution in [0.3, 0.4) is 0 Å². The fraction of sp³-hybridized carbons (Fsp3) is 0.600. The lowest BCUT2D eigenvalue weighted by Gasteiger charge is -2.21. The molecule has 1 aromatic carbocycles. The maximum atomic E-state index is 12.3. The highest BCUT2D eigenvalue weighted by Gasteiger charge is 2.64. The second-order valence-electron chi connectivity index (χ2n) is 8.56. The van der Waals surface area contributed by atoms with Gasteiger partial charge in [-0.2, -0.15) is 0 Å². The number of fused-ring (bicyclic) bond motifs is 1. The van der Waals surface area contributed by atoms with Crippen LogP contribution in [0, 0.1) is 23.7 Å². The highest BCUT2D eigenvalue weighted by Crippen LogP contribution is 2.61. The molecule has 2 N–H and O–H groups in total. The minimum absolute atomic E-state index is 0.0166. The van der Waals surface area contributed by atoms with E-state index in [1.165, 1.54) is 5.56 Å². The second kappa shape index (κ2) is 11.6. The zero-order valence-electron chi connectivity index (χ0n) is 18.2. The van der Waals surface area contributed by atoms with Gasteiger partial charge in [0.25, 0.3) is 0 Å². The summed E-state index contributed by atoms with van der Waals surface area (Å²) < 4.78 is 10.0. The first-order chi connectivity index (χ1) is 15.0. The summed E-state index contributed by atoms with van der Waals surface area (Å²) in [5.74, 6) is 0.141. The van der Waals surface area contributed by atoms with Gasteiger partial charge in [0.05, 0.1) is 25.4 Å². The van der Waals surface area contributed by atoms with Crippen molar-refractivity contribution in [2.75, 3.05) is 19.8 Å². The Hall–Kier alpha value is -2.02. The zero-order chi connectivity index (χ0) is 22.2. The molecule has 0 aliphatic heterocycles. The summed E-state index contributed by atoms with van der Waals surface area (Å²) in [5.41, 5.74) is 1.23. The van der Waals surface area contributed by atoms with Gasteiger partial charge in [0, 0.05) is 12.3 Å². The molecule has 2 aliphatic carbocycles. The molecule has 0 bridgehead atoms. The fourth-order valence-corrected chi connectivity index (χ4v) is 4.95. The van der Waals surface area contributed by atoms with Crippen LogP contribution in [0.25, 0.3) is 0 Å². The molecule has 2 fully saturated rings. The van der Waals surface area contributed by atoms with E-state index in [2.05, 4.69) is 12.1 Å². The summed E-state index contributed by atoms with van der Waals surface area (Å²) in [6.07, 6.45) is 5.58. The molecule has 0 aromatic heterocycles. The van der Waals surface area contributed by atoms with Crippen LogP contribution in [0.5, 0.6) is 0 Å². The van der Waals surface area contributed by atoms with Crippen molar-refractivity contribution in [1.82, 2.24) is 0 Å². The second-order valence-corrected chi connectivity index (χ2v) is 8.56. The van der Waals surface area contributed by atoms with E-state index in [0.717, 1.165) is 12.8 Å². The molecule has 6 nitrogen and oxygen atoms in total. The van der Waals surface area contributed by atoms with Gasteiger partial charge in [0.2, 0.25) is 0 Å². The Kier molecular flexibility index (Phi) is 8.81. The zero-order valence-corrected chi connectivity index (χ0v) is 18.2. The first kappa shape index (κ1) is 23.6. The molecule has 0 radical (unpaired) electrons. The number of Topliss-reactive ketones (excluding diaryl/α,β-unsaturated/α-hetero) is 1. The van der Waals surface area contributed by atoms with Crippen LogP contribution in [-0.2, 0) is 25.5 Å². The Labute approximate surface area is 184 Å². The number of carbonyl (C=O) groups excluding carboxylic acids is 2. The Morgan fingerprint density at radius 3 is 2.74 bits per heavy atom. The van der Waals surface area contributed by atoms with Crippen LogP contribution in [0.15, 0.2) is 42.5 Å². The molecule has 6 unspecified atom stereocenters. The molecule has 0 amide bonds. The van der Waals surface area contributed by atoms with E-state index in [0.29, 0.717) is 32.5 Å². The first-order valence-corrected chi connectivity index (χ1v) is 11.3. The van der Waals surface area contributed by atoms with E-state index < -0.39 is 12.2 Å². The van der Waals surface area contributed by atoms with Crippen molar-refractivity contribution in [3.8, 4) is 0 Å². The lowest BCUT2D eigenvalue weighted by Crippen LogP contribution is -2.31. The molecule has 2 saturated carbocycles. The van der Waals surface area contributed by atoms with Crippen molar-refractivity contribution in [2.45, 2.75) is 51.2 Å². The summed E-state index contributed by atoms with van der Waals surface area (Å²) in [6, 6.07) is 10.1. The van der Waals surface area contributed by atoms with Crippen molar-refractivity contribution < 1.29 is 29.3 Å². The molecule has 6 heteroatoms. The molecule has 31 heavy (non-hydrogen) atoms. The third-order valence-electron chi connectivity index (χ3n) is 6.50. The monoisotopic (exact) mass is 430 g/mol. The molecule has 1 aromatic rings. The SMILES string of the molecule is CCOC(=O)COC/C=C\CC1C(=O)CC2C1C2C(O)C(O)CCCc1ccccc1. The number of aryl methyl sites for hydroxylation is 1. The molecule has 6 atom stereocenters. The van der Waals surface area contributed by atoms with Crippen LogP contribution in [0.1, 0.15) is 38.2 Å². The number of rotatable bonds is 13. The Bertz CT molecular complexity index is 746. The fourth-order valence-electron chi connectivity index (χ4n) is 4.95. The van der Waals surface area contributed by atoms with Crippen molar-refractivity contribution in [1.29, 1.82) is 0 Å². The normalized spacial score (nSPS) is 26.6. The van der Waals surface area contributed by atoms with Crippen LogP contribution in [-0.4, -0.2) is 54.0 Å². The van der Waals surface area contributed by atoms with E-state index in [9.17, 15) is 19.8 Å². The van der Waals surface area contributed by atoms with Gasteiger partial charge in [0.1, 0.15) is 12.4 Å². The van der Waals surface area contributed by atoms with Crippen LogP contribution < -0.4 is 0 Å². The number of hydrogen-bond donors (Lipinski definition) is 2. The number of benzene rings is 1.